The molecule has 0 bridgehead atoms. The Hall–Kier alpha value is -4.15. The molecule has 2 rings (SSSR count). The highest BCUT2D eigenvalue weighted by molar-refractivity contribution is 5.95. The molecule has 176 valence electrons. The van der Waals surface area contributed by atoms with E-state index in [0.717, 1.165) is 18.2 Å². The second-order valence-corrected chi connectivity index (χ2v) is 6.35. The highest BCUT2D eigenvalue weighted by Crippen LogP contribution is 2.38. The van der Waals surface area contributed by atoms with Crippen LogP contribution in [0.3, 0.4) is 0 Å². The van der Waals surface area contributed by atoms with Crippen molar-refractivity contribution in [1.82, 2.24) is 5.32 Å². The van der Waals surface area contributed by atoms with E-state index in [2.05, 4.69) is 10.6 Å². The highest BCUT2D eigenvalue weighted by atomic mass is 19.2. The van der Waals surface area contributed by atoms with Crippen LogP contribution in [0, 0.1) is 11.6 Å². The van der Waals surface area contributed by atoms with Crippen molar-refractivity contribution in [2.75, 3.05) is 39.8 Å². The van der Waals surface area contributed by atoms with E-state index in [1.54, 1.807) is 12.1 Å². The van der Waals surface area contributed by atoms with Crippen molar-refractivity contribution < 1.29 is 42.1 Å². The Kier molecular flexibility index (Phi) is 9.16. The third-order valence-electron chi connectivity index (χ3n) is 4.09. The van der Waals surface area contributed by atoms with Gasteiger partial charge in [0.05, 0.1) is 27.9 Å². The van der Waals surface area contributed by atoms with Crippen LogP contribution in [-0.4, -0.2) is 52.3 Å². The van der Waals surface area contributed by atoms with Crippen molar-refractivity contribution in [2.24, 2.45) is 0 Å². The summed E-state index contributed by atoms with van der Waals surface area (Å²) in [5.74, 6) is -3.20. The third-order valence-corrected chi connectivity index (χ3v) is 4.09. The number of amides is 2. The quantitative estimate of drug-likeness (QED) is 0.410. The average Bonchev–Trinajstić information content (AvgIpc) is 2.81. The van der Waals surface area contributed by atoms with Gasteiger partial charge in [0.1, 0.15) is 0 Å². The summed E-state index contributed by atoms with van der Waals surface area (Å²) >= 11 is 0. The second kappa shape index (κ2) is 12.0. The predicted molar refractivity (Wildman–Crippen MR) is 114 cm³/mol. The topological polar surface area (TPSA) is 112 Å². The Labute approximate surface area is 188 Å². The van der Waals surface area contributed by atoms with E-state index in [1.807, 2.05) is 0 Å². The fourth-order valence-corrected chi connectivity index (χ4v) is 2.56. The maximum atomic E-state index is 13.1. The van der Waals surface area contributed by atoms with Crippen molar-refractivity contribution in [3.8, 4) is 17.2 Å². The number of methoxy groups -OCH3 is 3. The molecular weight excluding hydrogens is 442 g/mol. The first-order chi connectivity index (χ1) is 15.8. The van der Waals surface area contributed by atoms with Gasteiger partial charge in [0, 0.05) is 17.8 Å². The van der Waals surface area contributed by atoms with Gasteiger partial charge in [0.25, 0.3) is 5.91 Å². The van der Waals surface area contributed by atoms with Crippen LogP contribution in [-0.2, 0) is 19.1 Å². The number of nitrogens with one attached hydrogen (secondary N) is 2. The number of carbonyl (C=O) groups is 3. The van der Waals surface area contributed by atoms with Gasteiger partial charge in [0.2, 0.25) is 11.7 Å². The molecule has 2 aromatic carbocycles. The van der Waals surface area contributed by atoms with E-state index in [0.29, 0.717) is 22.8 Å². The molecule has 0 aliphatic heterocycles. The standard InChI is InChI=1S/C22H22F2N2O7/c1-30-17-8-13(9-18(31-2)22(17)32-3)4-7-21(29)33-12-20(28)25-11-19(27)26-14-5-6-15(23)16(24)10-14/h4-10H,11-12H2,1-3H3,(H,25,28)(H,26,27)/b7-4+. The fourth-order valence-electron chi connectivity index (χ4n) is 2.56. The van der Waals surface area contributed by atoms with Crippen molar-refractivity contribution >= 4 is 29.5 Å². The molecule has 33 heavy (non-hydrogen) atoms. The summed E-state index contributed by atoms with van der Waals surface area (Å²) in [4.78, 5) is 35.4. The number of halogens is 2. The van der Waals surface area contributed by atoms with Crippen molar-refractivity contribution in [2.45, 2.75) is 0 Å². The Morgan fingerprint density at radius 1 is 0.909 bits per heavy atom. The van der Waals surface area contributed by atoms with Crippen LogP contribution in [0.15, 0.2) is 36.4 Å². The van der Waals surface area contributed by atoms with Gasteiger partial charge in [-0.2, -0.15) is 0 Å². The third kappa shape index (κ3) is 7.49. The zero-order valence-corrected chi connectivity index (χ0v) is 18.1. The molecule has 0 fully saturated rings. The first kappa shape index (κ1) is 25.1. The molecule has 2 N–H and O–H groups in total. The second-order valence-electron chi connectivity index (χ2n) is 6.35. The molecule has 2 amide bonds. The van der Waals surface area contributed by atoms with Crippen LogP contribution in [0.25, 0.3) is 6.08 Å². The first-order valence-corrected chi connectivity index (χ1v) is 9.43. The van der Waals surface area contributed by atoms with Crippen molar-refractivity contribution in [3.05, 3.63) is 53.6 Å². The van der Waals surface area contributed by atoms with E-state index >= 15 is 0 Å². The molecule has 0 aliphatic carbocycles. The van der Waals surface area contributed by atoms with Gasteiger partial charge >= 0.3 is 5.97 Å². The SMILES string of the molecule is COc1cc(/C=C/C(=O)OCC(=O)NCC(=O)Nc2ccc(F)c(F)c2)cc(OC)c1OC. The van der Waals surface area contributed by atoms with Gasteiger partial charge < -0.3 is 29.6 Å². The summed E-state index contributed by atoms with van der Waals surface area (Å²) in [7, 11) is 4.37. The Balaban J connectivity index is 1.82. The fraction of sp³-hybridized carbons (Fsp3) is 0.227. The maximum absolute atomic E-state index is 13.1. The first-order valence-electron chi connectivity index (χ1n) is 9.43. The van der Waals surface area contributed by atoms with E-state index in [-0.39, 0.29) is 5.69 Å². The average molecular weight is 464 g/mol. The number of esters is 1. The van der Waals surface area contributed by atoms with Crippen LogP contribution in [0.1, 0.15) is 5.56 Å². The maximum Gasteiger partial charge on any atom is 0.331 e. The summed E-state index contributed by atoms with van der Waals surface area (Å²) in [5, 5.41) is 4.52. The summed E-state index contributed by atoms with van der Waals surface area (Å²) in [6, 6.07) is 6.05. The lowest BCUT2D eigenvalue weighted by molar-refractivity contribution is -0.143. The van der Waals surface area contributed by atoms with E-state index < -0.39 is 42.6 Å². The van der Waals surface area contributed by atoms with E-state index in [9.17, 15) is 23.2 Å². The van der Waals surface area contributed by atoms with Gasteiger partial charge in [-0.25, -0.2) is 13.6 Å². The molecular formula is C22H22F2N2O7. The summed E-state index contributed by atoms with van der Waals surface area (Å²) < 4.78 is 46.5. The molecule has 2 aromatic rings. The number of carbonyl (C=O) groups excluding carboxylic acids is 3. The highest BCUT2D eigenvalue weighted by Gasteiger charge is 2.13. The van der Waals surface area contributed by atoms with Gasteiger partial charge in [-0.05, 0) is 35.9 Å². The van der Waals surface area contributed by atoms with Gasteiger partial charge in [0.15, 0.2) is 29.7 Å². The summed E-state index contributed by atoms with van der Waals surface area (Å²) in [6.07, 6.45) is 2.53. The Morgan fingerprint density at radius 2 is 1.58 bits per heavy atom. The van der Waals surface area contributed by atoms with Crippen LogP contribution >= 0.6 is 0 Å². The molecule has 0 aromatic heterocycles. The zero-order chi connectivity index (χ0) is 24.4. The Morgan fingerprint density at radius 3 is 2.15 bits per heavy atom. The molecule has 0 aliphatic rings. The van der Waals surface area contributed by atoms with Crippen molar-refractivity contribution in [3.63, 3.8) is 0 Å². The van der Waals surface area contributed by atoms with E-state index in [1.165, 1.54) is 33.5 Å². The lowest BCUT2D eigenvalue weighted by Gasteiger charge is -2.12. The molecule has 0 atom stereocenters. The Bertz CT molecular complexity index is 1030. The molecule has 0 unspecified atom stereocenters. The minimum Gasteiger partial charge on any atom is -0.493 e. The molecule has 0 saturated heterocycles. The number of benzene rings is 2. The van der Waals surface area contributed by atoms with Crippen molar-refractivity contribution in [1.29, 1.82) is 0 Å². The molecule has 0 saturated carbocycles. The lowest BCUT2D eigenvalue weighted by Crippen LogP contribution is -2.35. The number of ether oxygens (including phenoxy) is 4. The number of anilines is 1. The molecule has 11 heteroatoms. The van der Waals surface area contributed by atoms with Crippen LogP contribution in [0.5, 0.6) is 17.2 Å². The lowest BCUT2D eigenvalue weighted by atomic mass is 10.1. The van der Waals surface area contributed by atoms with Gasteiger partial charge in [-0.1, -0.05) is 0 Å². The zero-order valence-electron chi connectivity index (χ0n) is 18.1. The summed E-state index contributed by atoms with van der Waals surface area (Å²) in [6.45, 7) is -1.09. The largest absolute Gasteiger partial charge is 0.493 e. The minimum atomic E-state index is -1.12. The van der Waals surface area contributed by atoms with Gasteiger partial charge in [-0.3, -0.25) is 9.59 Å². The molecule has 9 nitrogen and oxygen atoms in total. The van der Waals surface area contributed by atoms with Crippen LogP contribution in [0.2, 0.25) is 0 Å². The molecule has 0 spiro atoms. The number of hydrogen-bond acceptors (Lipinski definition) is 7. The molecule has 0 radical (unpaired) electrons. The van der Waals surface area contributed by atoms with E-state index in [4.69, 9.17) is 18.9 Å². The summed E-state index contributed by atoms with van der Waals surface area (Å²) in [5.41, 5.74) is 0.580. The number of rotatable bonds is 10. The normalized spacial score (nSPS) is 10.5. The van der Waals surface area contributed by atoms with Crippen LogP contribution < -0.4 is 24.8 Å². The van der Waals surface area contributed by atoms with Gasteiger partial charge in [-0.15, -0.1) is 0 Å². The molecule has 0 heterocycles. The smallest absolute Gasteiger partial charge is 0.331 e. The van der Waals surface area contributed by atoms with Crippen LogP contribution in [0.4, 0.5) is 14.5 Å². The predicted octanol–water partition coefficient (Wildman–Crippen LogP) is 2.30. The monoisotopic (exact) mass is 464 g/mol. The minimum absolute atomic E-state index is 0.0245. The number of hydrogen-bond donors (Lipinski definition) is 2.